The van der Waals surface area contributed by atoms with Gasteiger partial charge in [0.15, 0.2) is 0 Å². The number of aromatic hydroxyl groups is 1. The standard InChI is InChI=1S/C36H48N2O8/c1-20-12-11-15-24-18-27-30-25(34(45-27)28(44-4)19-29(40)38-31(30)32(24)41)16-9-6-10-17-26(39)21(2)33(20)46-36(43)22(3)37-35(42)23-13-7-5-8-14-23/h6,9-10,12,16,18,21-23,25-26,28,33-34,39,41H,5,7-8,11,13-15,17,19H2,1-4H3,(H,37,42)(H,38,40)/b10-6+,16-9+,20-12-/t21-,22+,25-,26-,28+,33-,34+/m0/s1. The van der Waals surface area contributed by atoms with Crippen LogP contribution < -0.4 is 15.4 Å². The average Bonchev–Trinajstić information content (AvgIpc) is 3.41. The second-order valence-electron chi connectivity index (χ2n) is 13.2. The smallest absolute Gasteiger partial charge is 0.328 e. The van der Waals surface area contributed by atoms with Crippen LogP contribution in [0.15, 0.2) is 42.0 Å². The van der Waals surface area contributed by atoms with Gasteiger partial charge in [-0.2, -0.15) is 0 Å². The molecule has 10 nitrogen and oxygen atoms in total. The van der Waals surface area contributed by atoms with Gasteiger partial charge in [0, 0.05) is 36.0 Å². The van der Waals surface area contributed by atoms with E-state index in [1.54, 1.807) is 14.0 Å². The quantitative estimate of drug-likeness (QED) is 0.201. The Balaban J connectivity index is 1.40. The van der Waals surface area contributed by atoms with E-state index < -0.39 is 42.3 Å². The van der Waals surface area contributed by atoms with E-state index in [-0.39, 0.29) is 35.8 Å². The molecule has 1 fully saturated rings. The van der Waals surface area contributed by atoms with E-state index in [1.165, 1.54) is 0 Å². The predicted octanol–water partition coefficient (Wildman–Crippen LogP) is 4.98. The van der Waals surface area contributed by atoms with Crippen LogP contribution in [-0.2, 0) is 30.3 Å². The number of carbonyl (C=O) groups excluding carboxylic acids is 3. The van der Waals surface area contributed by atoms with Crippen LogP contribution in [0.5, 0.6) is 11.5 Å². The summed E-state index contributed by atoms with van der Waals surface area (Å²) in [6.07, 6.45) is 13.2. The van der Waals surface area contributed by atoms with Gasteiger partial charge in [-0.05, 0) is 57.6 Å². The normalized spacial score (nSPS) is 31.7. The molecule has 46 heavy (non-hydrogen) atoms. The Labute approximate surface area is 271 Å². The lowest BCUT2D eigenvalue weighted by Crippen LogP contribution is -2.45. The van der Waals surface area contributed by atoms with Crippen LogP contribution in [-0.4, -0.2) is 65.6 Å². The average molecular weight is 637 g/mol. The van der Waals surface area contributed by atoms with E-state index in [0.29, 0.717) is 41.8 Å². The van der Waals surface area contributed by atoms with Gasteiger partial charge in [0.2, 0.25) is 11.8 Å². The number of phenols is 1. The molecule has 4 N–H and O–H groups in total. The second kappa shape index (κ2) is 14.9. The third-order valence-corrected chi connectivity index (χ3v) is 9.94. The molecule has 10 heteroatoms. The molecule has 1 aromatic carbocycles. The maximum absolute atomic E-state index is 13.3. The largest absolute Gasteiger partial charge is 0.505 e. The number of carbonyl (C=O) groups is 3. The molecule has 0 radical (unpaired) electrons. The minimum Gasteiger partial charge on any atom is -0.505 e. The number of ether oxygens (including phenoxy) is 3. The number of hydrogen-bond acceptors (Lipinski definition) is 8. The maximum Gasteiger partial charge on any atom is 0.328 e. The Morgan fingerprint density at radius 3 is 2.67 bits per heavy atom. The first-order chi connectivity index (χ1) is 22.1. The number of aliphatic hydroxyl groups excluding tert-OH is 1. The van der Waals surface area contributed by atoms with Gasteiger partial charge < -0.3 is 35.1 Å². The van der Waals surface area contributed by atoms with Gasteiger partial charge in [0.25, 0.3) is 0 Å². The highest BCUT2D eigenvalue weighted by molar-refractivity contribution is 5.95. The van der Waals surface area contributed by atoms with Crippen molar-refractivity contribution in [3.8, 4) is 11.5 Å². The molecule has 0 unspecified atom stereocenters. The van der Waals surface area contributed by atoms with E-state index in [9.17, 15) is 24.6 Å². The summed E-state index contributed by atoms with van der Waals surface area (Å²) in [5.74, 6) is -1.11. The van der Waals surface area contributed by atoms with Crippen molar-refractivity contribution in [2.45, 2.75) is 115 Å². The first-order valence-corrected chi connectivity index (χ1v) is 16.7. The Bertz CT molecular complexity index is 1390. The molecular formula is C36H48N2O8. The summed E-state index contributed by atoms with van der Waals surface area (Å²) in [4.78, 5) is 38.9. The zero-order valence-corrected chi connectivity index (χ0v) is 27.3. The molecule has 5 aliphatic rings. The molecule has 2 aliphatic heterocycles. The molecule has 1 aromatic rings. The van der Waals surface area contributed by atoms with Crippen molar-refractivity contribution >= 4 is 23.5 Å². The van der Waals surface area contributed by atoms with Gasteiger partial charge >= 0.3 is 5.97 Å². The molecule has 250 valence electrons. The lowest BCUT2D eigenvalue weighted by Gasteiger charge is -2.30. The van der Waals surface area contributed by atoms with Crippen molar-refractivity contribution in [2.24, 2.45) is 11.8 Å². The van der Waals surface area contributed by atoms with Crippen molar-refractivity contribution in [1.29, 1.82) is 0 Å². The number of aliphatic hydroxyl groups is 1. The van der Waals surface area contributed by atoms with Gasteiger partial charge in [-0.1, -0.05) is 56.6 Å². The second-order valence-corrected chi connectivity index (χ2v) is 13.2. The third-order valence-electron chi connectivity index (χ3n) is 9.94. The summed E-state index contributed by atoms with van der Waals surface area (Å²) in [6, 6.07) is 1.00. The molecule has 6 rings (SSSR count). The Morgan fingerprint density at radius 2 is 1.93 bits per heavy atom. The zero-order chi connectivity index (χ0) is 33.0. The van der Waals surface area contributed by atoms with Crippen molar-refractivity contribution in [3.63, 3.8) is 0 Å². The van der Waals surface area contributed by atoms with Gasteiger partial charge in [-0.25, -0.2) is 4.79 Å². The first-order valence-electron chi connectivity index (χ1n) is 16.7. The van der Waals surface area contributed by atoms with Crippen molar-refractivity contribution in [2.75, 3.05) is 12.4 Å². The zero-order valence-electron chi connectivity index (χ0n) is 27.3. The number of nitrogens with one attached hydrogen (secondary N) is 2. The van der Waals surface area contributed by atoms with Crippen LogP contribution in [0.4, 0.5) is 5.69 Å². The Morgan fingerprint density at radius 1 is 1.17 bits per heavy atom. The van der Waals surface area contributed by atoms with Gasteiger partial charge in [-0.15, -0.1) is 0 Å². The fraction of sp³-hybridized carbons (Fsp3) is 0.583. The number of fused-ring (bicyclic) bond motifs is 8. The van der Waals surface area contributed by atoms with E-state index in [0.717, 1.165) is 37.7 Å². The molecular weight excluding hydrogens is 588 g/mol. The number of benzene rings is 1. The van der Waals surface area contributed by atoms with Gasteiger partial charge in [0.05, 0.1) is 18.2 Å². The minimum atomic E-state index is -0.828. The molecule has 1 saturated carbocycles. The van der Waals surface area contributed by atoms with Crippen molar-refractivity contribution in [3.05, 3.63) is 53.1 Å². The number of aryl methyl sites for hydroxylation is 1. The lowest BCUT2D eigenvalue weighted by atomic mass is 9.86. The fourth-order valence-corrected chi connectivity index (χ4v) is 7.13. The predicted molar refractivity (Wildman–Crippen MR) is 174 cm³/mol. The summed E-state index contributed by atoms with van der Waals surface area (Å²) >= 11 is 0. The van der Waals surface area contributed by atoms with E-state index >= 15 is 0 Å². The number of allylic oxidation sites excluding steroid dienone is 3. The number of methoxy groups -OCH3 is 1. The molecule has 7 atom stereocenters. The van der Waals surface area contributed by atoms with Crippen LogP contribution in [0.3, 0.4) is 0 Å². The number of hydrogen-bond donors (Lipinski definition) is 4. The van der Waals surface area contributed by atoms with Crippen LogP contribution in [0.1, 0.15) is 89.2 Å². The Hall–Kier alpha value is -3.63. The number of esters is 1. The molecule has 2 heterocycles. The Kier molecular flexibility index (Phi) is 10.9. The number of amides is 2. The van der Waals surface area contributed by atoms with Crippen LogP contribution in [0.2, 0.25) is 0 Å². The third kappa shape index (κ3) is 7.33. The highest BCUT2D eigenvalue weighted by atomic mass is 16.5. The van der Waals surface area contributed by atoms with Crippen LogP contribution in [0, 0.1) is 11.8 Å². The van der Waals surface area contributed by atoms with E-state index in [4.69, 9.17) is 14.2 Å². The van der Waals surface area contributed by atoms with E-state index in [1.807, 2.05) is 50.3 Å². The lowest BCUT2D eigenvalue weighted by molar-refractivity contribution is -0.155. The maximum atomic E-state index is 13.3. The molecule has 3 aliphatic carbocycles. The first kappa shape index (κ1) is 33.7. The molecule has 2 amide bonds. The number of rotatable bonds is 5. The summed E-state index contributed by atoms with van der Waals surface area (Å²) < 4.78 is 18.0. The van der Waals surface area contributed by atoms with Crippen molar-refractivity contribution < 1.29 is 38.8 Å². The summed E-state index contributed by atoms with van der Waals surface area (Å²) in [5.41, 5.74) is 2.44. The van der Waals surface area contributed by atoms with Crippen LogP contribution in [0.25, 0.3) is 0 Å². The van der Waals surface area contributed by atoms with Crippen LogP contribution >= 0.6 is 0 Å². The van der Waals surface area contributed by atoms with E-state index in [2.05, 4.69) is 10.6 Å². The van der Waals surface area contributed by atoms with Crippen molar-refractivity contribution in [1.82, 2.24) is 5.32 Å². The fourth-order valence-electron chi connectivity index (χ4n) is 7.13. The monoisotopic (exact) mass is 636 g/mol. The molecule has 6 bridgehead atoms. The minimum absolute atomic E-state index is 0.00540. The number of phenolic OH excluding ortho intramolecular Hbond substituents is 1. The van der Waals surface area contributed by atoms with Gasteiger partial charge in [-0.3, -0.25) is 9.59 Å². The summed E-state index contributed by atoms with van der Waals surface area (Å²) in [6.45, 7) is 5.34. The SMILES string of the molecule is CO[C@@H]1CC(=O)Nc2c(O)c3cc4c2[C@H](/C=C/C=C/C[C@H](O)[C@H](C)[C@@H](OC(=O)[C@@H](C)NC(=O)C2CCCCC2)/C(C)=C\CC3)[C@H]1O4. The summed E-state index contributed by atoms with van der Waals surface area (Å²) in [7, 11) is 1.56. The molecule has 0 saturated heterocycles. The highest BCUT2D eigenvalue weighted by Gasteiger charge is 2.44. The van der Waals surface area contributed by atoms with Gasteiger partial charge in [0.1, 0.15) is 35.9 Å². The highest BCUT2D eigenvalue weighted by Crippen LogP contribution is 2.51. The summed E-state index contributed by atoms with van der Waals surface area (Å²) in [5, 5.41) is 28.3. The molecule has 0 spiro atoms. The molecule has 0 aromatic heterocycles. The topological polar surface area (TPSA) is 143 Å². The number of anilines is 1.